The second-order valence-corrected chi connectivity index (χ2v) is 5.26. The van der Waals surface area contributed by atoms with Crippen LogP contribution in [0, 0.1) is 5.92 Å². The van der Waals surface area contributed by atoms with Crippen LogP contribution in [0.1, 0.15) is 45.4 Å². The zero-order chi connectivity index (χ0) is 14.1. The molecule has 1 aliphatic heterocycles. The quantitative estimate of drug-likeness (QED) is 0.720. The molecule has 0 saturated carbocycles. The number of hydrogen-bond donors (Lipinski definition) is 2. The summed E-state index contributed by atoms with van der Waals surface area (Å²) in [5.74, 6) is 0.805. The maximum atomic E-state index is 12.0. The molecule has 0 aromatic rings. The lowest BCUT2D eigenvalue weighted by atomic mass is 9.97. The molecule has 0 aromatic carbocycles. The molecule has 5 nitrogen and oxygen atoms in total. The van der Waals surface area contributed by atoms with Gasteiger partial charge in [0.05, 0.1) is 0 Å². The maximum absolute atomic E-state index is 12.0. The summed E-state index contributed by atoms with van der Waals surface area (Å²) in [5.41, 5.74) is 5.63. The molecule has 0 unspecified atom stereocenters. The van der Waals surface area contributed by atoms with Gasteiger partial charge in [0.25, 0.3) is 0 Å². The summed E-state index contributed by atoms with van der Waals surface area (Å²) in [7, 11) is 0. The van der Waals surface area contributed by atoms with Gasteiger partial charge in [-0.1, -0.05) is 6.92 Å². The number of piperidine rings is 1. The summed E-state index contributed by atoms with van der Waals surface area (Å²) in [6.07, 6.45) is 4.54. The minimum Gasteiger partial charge on any atom is -0.356 e. The van der Waals surface area contributed by atoms with Gasteiger partial charge in [0.2, 0.25) is 11.8 Å². The Kier molecular flexibility index (Phi) is 7.48. The highest BCUT2D eigenvalue weighted by Crippen LogP contribution is 2.16. The first-order valence-corrected chi connectivity index (χ1v) is 7.42. The van der Waals surface area contributed by atoms with Crippen LogP contribution in [0.25, 0.3) is 0 Å². The Morgan fingerprint density at radius 2 is 1.95 bits per heavy atom. The van der Waals surface area contributed by atoms with Crippen LogP contribution in [0.5, 0.6) is 0 Å². The largest absolute Gasteiger partial charge is 0.356 e. The molecular weight excluding hydrogens is 242 g/mol. The van der Waals surface area contributed by atoms with Crippen LogP contribution in [-0.2, 0) is 9.59 Å². The molecule has 110 valence electrons. The lowest BCUT2D eigenvalue weighted by Gasteiger charge is -2.31. The van der Waals surface area contributed by atoms with Gasteiger partial charge in [0.15, 0.2) is 0 Å². The van der Waals surface area contributed by atoms with E-state index in [0.717, 1.165) is 45.4 Å². The molecule has 1 aliphatic rings. The van der Waals surface area contributed by atoms with Gasteiger partial charge in [-0.3, -0.25) is 9.59 Å². The molecule has 1 saturated heterocycles. The molecule has 1 rings (SSSR count). The third-order valence-electron chi connectivity index (χ3n) is 3.67. The van der Waals surface area contributed by atoms with Crippen molar-refractivity contribution in [3.8, 4) is 0 Å². The van der Waals surface area contributed by atoms with Crippen LogP contribution in [0.2, 0.25) is 0 Å². The van der Waals surface area contributed by atoms with Crippen LogP contribution in [-0.4, -0.2) is 42.9 Å². The summed E-state index contributed by atoms with van der Waals surface area (Å²) in [6.45, 7) is 5.11. The van der Waals surface area contributed by atoms with Crippen LogP contribution in [0.4, 0.5) is 0 Å². The van der Waals surface area contributed by atoms with Crippen LogP contribution >= 0.6 is 0 Å². The van der Waals surface area contributed by atoms with E-state index in [1.54, 1.807) is 0 Å². The average molecular weight is 269 g/mol. The van der Waals surface area contributed by atoms with E-state index < -0.39 is 0 Å². The number of nitrogens with one attached hydrogen (secondary N) is 1. The predicted octanol–water partition coefficient (Wildman–Crippen LogP) is 0.880. The Labute approximate surface area is 115 Å². The van der Waals surface area contributed by atoms with Gasteiger partial charge in [-0.2, -0.15) is 0 Å². The van der Waals surface area contributed by atoms with Crippen LogP contribution in [0.3, 0.4) is 0 Å². The third kappa shape index (κ3) is 6.05. The standard InChI is InChI=1S/C14H27N3O2/c1-2-8-16-13(18)4-3-5-14(19)17-9-6-12(11-15)7-10-17/h12H,2-11,15H2,1H3,(H,16,18). The lowest BCUT2D eigenvalue weighted by Crippen LogP contribution is -2.40. The first-order valence-electron chi connectivity index (χ1n) is 7.42. The molecule has 2 amide bonds. The van der Waals surface area contributed by atoms with Crippen molar-refractivity contribution in [2.75, 3.05) is 26.2 Å². The van der Waals surface area contributed by atoms with Crippen molar-refractivity contribution < 1.29 is 9.59 Å². The van der Waals surface area contributed by atoms with E-state index in [1.807, 2.05) is 11.8 Å². The van der Waals surface area contributed by atoms with E-state index in [2.05, 4.69) is 5.32 Å². The Bertz CT molecular complexity index is 286. The molecule has 0 radical (unpaired) electrons. The third-order valence-corrected chi connectivity index (χ3v) is 3.67. The van der Waals surface area contributed by atoms with Gasteiger partial charge in [0, 0.05) is 32.5 Å². The molecule has 1 heterocycles. The number of rotatable bonds is 7. The van der Waals surface area contributed by atoms with E-state index in [1.165, 1.54) is 0 Å². The fourth-order valence-corrected chi connectivity index (χ4v) is 2.33. The molecule has 5 heteroatoms. The fraction of sp³-hybridized carbons (Fsp3) is 0.857. The van der Waals surface area contributed by atoms with Gasteiger partial charge >= 0.3 is 0 Å². The van der Waals surface area contributed by atoms with E-state index >= 15 is 0 Å². The smallest absolute Gasteiger partial charge is 0.222 e. The topological polar surface area (TPSA) is 75.4 Å². The average Bonchev–Trinajstić information content (AvgIpc) is 2.45. The normalized spacial score (nSPS) is 16.4. The van der Waals surface area contributed by atoms with Crippen molar-refractivity contribution in [1.29, 1.82) is 0 Å². The number of amides is 2. The van der Waals surface area contributed by atoms with Crippen LogP contribution in [0.15, 0.2) is 0 Å². The second kappa shape index (κ2) is 8.91. The number of carbonyl (C=O) groups excluding carboxylic acids is 2. The summed E-state index contributed by atoms with van der Waals surface area (Å²) in [5, 5.41) is 2.82. The van der Waals surface area contributed by atoms with Crippen molar-refractivity contribution >= 4 is 11.8 Å². The Balaban J connectivity index is 2.13. The Morgan fingerprint density at radius 1 is 1.26 bits per heavy atom. The van der Waals surface area contributed by atoms with Gasteiger partial charge in [0.1, 0.15) is 0 Å². The Hall–Kier alpha value is -1.10. The van der Waals surface area contributed by atoms with Crippen molar-refractivity contribution in [2.24, 2.45) is 11.7 Å². The molecule has 1 fully saturated rings. The highest BCUT2D eigenvalue weighted by molar-refractivity contribution is 5.79. The highest BCUT2D eigenvalue weighted by Gasteiger charge is 2.21. The summed E-state index contributed by atoms with van der Waals surface area (Å²) in [6, 6.07) is 0. The first-order chi connectivity index (χ1) is 9.17. The zero-order valence-corrected chi connectivity index (χ0v) is 12.0. The second-order valence-electron chi connectivity index (χ2n) is 5.26. The molecule has 0 bridgehead atoms. The van der Waals surface area contributed by atoms with E-state index in [0.29, 0.717) is 25.2 Å². The number of likely N-dealkylation sites (tertiary alicyclic amines) is 1. The van der Waals surface area contributed by atoms with E-state index in [4.69, 9.17) is 5.73 Å². The van der Waals surface area contributed by atoms with E-state index in [9.17, 15) is 9.59 Å². The van der Waals surface area contributed by atoms with Gasteiger partial charge in [-0.05, 0) is 38.1 Å². The molecule has 0 atom stereocenters. The first kappa shape index (κ1) is 16.0. The Morgan fingerprint density at radius 3 is 2.53 bits per heavy atom. The fourth-order valence-electron chi connectivity index (χ4n) is 2.33. The predicted molar refractivity (Wildman–Crippen MR) is 75.5 cm³/mol. The monoisotopic (exact) mass is 269 g/mol. The van der Waals surface area contributed by atoms with Crippen molar-refractivity contribution in [1.82, 2.24) is 10.2 Å². The number of nitrogens with zero attached hydrogens (tertiary/aromatic N) is 1. The molecule has 0 spiro atoms. The minimum absolute atomic E-state index is 0.0523. The maximum Gasteiger partial charge on any atom is 0.222 e. The van der Waals surface area contributed by atoms with Crippen molar-refractivity contribution in [3.05, 3.63) is 0 Å². The number of hydrogen-bond acceptors (Lipinski definition) is 3. The summed E-state index contributed by atoms with van der Waals surface area (Å²) < 4.78 is 0. The van der Waals surface area contributed by atoms with Crippen molar-refractivity contribution in [3.63, 3.8) is 0 Å². The molecule has 0 aliphatic carbocycles. The molecule has 3 N–H and O–H groups in total. The zero-order valence-electron chi connectivity index (χ0n) is 12.0. The number of nitrogens with two attached hydrogens (primary N) is 1. The highest BCUT2D eigenvalue weighted by atomic mass is 16.2. The molecular formula is C14H27N3O2. The summed E-state index contributed by atoms with van der Waals surface area (Å²) in [4.78, 5) is 25.3. The lowest BCUT2D eigenvalue weighted by molar-refractivity contribution is -0.132. The summed E-state index contributed by atoms with van der Waals surface area (Å²) >= 11 is 0. The van der Waals surface area contributed by atoms with E-state index in [-0.39, 0.29) is 11.8 Å². The van der Waals surface area contributed by atoms with Gasteiger partial charge < -0.3 is 16.0 Å². The molecule has 0 aromatic heterocycles. The molecule has 19 heavy (non-hydrogen) atoms. The number of carbonyl (C=O) groups is 2. The SMILES string of the molecule is CCCNC(=O)CCCC(=O)N1CCC(CN)CC1. The van der Waals surface area contributed by atoms with Gasteiger partial charge in [-0.25, -0.2) is 0 Å². The van der Waals surface area contributed by atoms with Gasteiger partial charge in [-0.15, -0.1) is 0 Å². The van der Waals surface area contributed by atoms with Crippen LogP contribution < -0.4 is 11.1 Å². The minimum atomic E-state index is 0.0523. The van der Waals surface area contributed by atoms with Crippen molar-refractivity contribution in [2.45, 2.75) is 45.4 Å².